The summed E-state index contributed by atoms with van der Waals surface area (Å²) in [6.45, 7) is 13.3. The van der Waals surface area contributed by atoms with Gasteiger partial charge < -0.3 is 14.7 Å². The van der Waals surface area contributed by atoms with Gasteiger partial charge in [-0.05, 0) is 46.4 Å². The second-order valence-electron chi connectivity index (χ2n) is 10.6. The van der Waals surface area contributed by atoms with E-state index in [1.54, 1.807) is 6.08 Å². The van der Waals surface area contributed by atoms with Gasteiger partial charge in [0.15, 0.2) is 0 Å². The standard InChI is InChI=1S/C18H23NO3S.C5H14NO/c1-17(2,3)11-7-10(8-12(14(11)20)18(4,5)6)9-13-15(21)19-16(22)23-13;1-6(2,3)4-5-7/h7-9,20H,1-6H3,(H,19,21,22);7H,4-5H2,1-3H3/q;+1/b13-9-;. The maximum Gasteiger partial charge on any atom is 0.290 e. The molecule has 0 atom stereocenters. The van der Waals surface area contributed by atoms with Crippen LogP contribution in [0.2, 0.25) is 0 Å². The highest BCUT2D eigenvalue weighted by molar-refractivity contribution is 8.18. The number of rotatable bonds is 3. The lowest BCUT2D eigenvalue weighted by molar-refractivity contribution is -0.870. The second kappa shape index (κ2) is 9.54. The summed E-state index contributed by atoms with van der Waals surface area (Å²) in [7, 11) is 6.16. The maximum absolute atomic E-state index is 11.7. The molecule has 3 N–H and O–H groups in total. The van der Waals surface area contributed by atoms with Gasteiger partial charge in [-0.1, -0.05) is 41.5 Å². The van der Waals surface area contributed by atoms with Gasteiger partial charge in [0.25, 0.3) is 11.1 Å². The SMILES string of the molecule is CC(C)(C)c1cc(/C=C2\SC(=O)NC2=O)cc(C(C)(C)C)c1O.C[N+](C)(C)CCO. The molecule has 0 aromatic heterocycles. The molecule has 1 saturated heterocycles. The van der Waals surface area contributed by atoms with Crippen LogP contribution in [0.1, 0.15) is 58.2 Å². The third kappa shape index (κ3) is 7.78. The number of nitrogens with zero attached hydrogens (tertiary/aromatic N) is 1. The van der Waals surface area contributed by atoms with Gasteiger partial charge in [0, 0.05) is 11.1 Å². The first-order valence-corrected chi connectivity index (χ1v) is 10.8. The normalized spacial score (nSPS) is 16.4. The number of carbonyl (C=O) groups excluding carboxylic acids is 2. The third-order valence-electron chi connectivity index (χ3n) is 4.46. The van der Waals surface area contributed by atoms with Crippen LogP contribution in [0.3, 0.4) is 0 Å². The van der Waals surface area contributed by atoms with Gasteiger partial charge in [-0.2, -0.15) is 0 Å². The molecule has 0 spiro atoms. The topological polar surface area (TPSA) is 86.6 Å². The molecule has 0 radical (unpaired) electrons. The van der Waals surface area contributed by atoms with Gasteiger partial charge in [-0.25, -0.2) is 0 Å². The average molecular weight is 438 g/mol. The minimum Gasteiger partial charge on any atom is -0.507 e. The quantitative estimate of drug-likeness (QED) is 0.492. The van der Waals surface area contributed by atoms with Crippen molar-refractivity contribution >= 4 is 29.0 Å². The van der Waals surface area contributed by atoms with E-state index in [-0.39, 0.29) is 28.6 Å². The van der Waals surface area contributed by atoms with Gasteiger partial charge in [0.05, 0.1) is 32.7 Å². The number of likely N-dealkylation sites (N-methyl/N-ethyl adjacent to an activating group) is 1. The van der Waals surface area contributed by atoms with Crippen molar-refractivity contribution in [2.75, 3.05) is 34.3 Å². The molecule has 168 valence electrons. The first-order valence-electron chi connectivity index (χ1n) is 10.00. The van der Waals surface area contributed by atoms with Crippen molar-refractivity contribution in [2.45, 2.75) is 52.4 Å². The Balaban J connectivity index is 0.000000553. The average Bonchev–Trinajstić information content (AvgIpc) is 2.83. The maximum atomic E-state index is 11.7. The van der Waals surface area contributed by atoms with Crippen molar-refractivity contribution in [2.24, 2.45) is 0 Å². The predicted molar refractivity (Wildman–Crippen MR) is 125 cm³/mol. The summed E-state index contributed by atoms with van der Waals surface area (Å²) in [6, 6.07) is 3.77. The fraction of sp³-hybridized carbons (Fsp3) is 0.565. The van der Waals surface area contributed by atoms with E-state index < -0.39 is 0 Å². The Hall–Kier alpha value is -1.83. The van der Waals surface area contributed by atoms with E-state index in [4.69, 9.17) is 5.11 Å². The molecule has 0 unspecified atom stereocenters. The minimum atomic E-state index is -0.373. The Morgan fingerprint density at radius 1 is 1.00 bits per heavy atom. The largest absolute Gasteiger partial charge is 0.507 e. The van der Waals surface area contributed by atoms with Crippen LogP contribution in [-0.2, 0) is 15.6 Å². The summed E-state index contributed by atoms with van der Waals surface area (Å²) < 4.78 is 0.844. The number of hydrogen-bond donors (Lipinski definition) is 3. The van der Waals surface area contributed by atoms with Crippen LogP contribution in [-0.4, -0.2) is 60.1 Å². The smallest absolute Gasteiger partial charge is 0.290 e. The van der Waals surface area contributed by atoms with E-state index in [1.807, 2.05) is 53.7 Å². The van der Waals surface area contributed by atoms with Gasteiger partial charge in [0.2, 0.25) is 0 Å². The number of benzene rings is 1. The fourth-order valence-electron chi connectivity index (χ4n) is 2.76. The van der Waals surface area contributed by atoms with Crippen molar-refractivity contribution < 1.29 is 24.3 Å². The van der Waals surface area contributed by atoms with Gasteiger partial charge in [0.1, 0.15) is 12.3 Å². The van der Waals surface area contributed by atoms with Crippen molar-refractivity contribution in [3.05, 3.63) is 33.7 Å². The van der Waals surface area contributed by atoms with Gasteiger partial charge in [-0.15, -0.1) is 0 Å². The van der Waals surface area contributed by atoms with Gasteiger partial charge >= 0.3 is 0 Å². The number of thioether (sulfide) groups is 1. The number of phenols is 1. The number of hydrogen-bond acceptors (Lipinski definition) is 5. The summed E-state index contributed by atoms with van der Waals surface area (Å²) in [5.74, 6) is -0.0746. The van der Waals surface area contributed by atoms with E-state index in [1.165, 1.54) is 0 Å². The lowest BCUT2D eigenvalue weighted by Crippen LogP contribution is -2.36. The molecule has 0 bridgehead atoms. The number of phenolic OH excluding ortho intramolecular Hbond substituents is 1. The minimum absolute atomic E-state index is 0.237. The van der Waals surface area contributed by atoms with E-state index in [0.29, 0.717) is 10.7 Å². The lowest BCUT2D eigenvalue weighted by atomic mass is 9.78. The van der Waals surface area contributed by atoms with Crippen LogP contribution >= 0.6 is 11.8 Å². The molecule has 6 nitrogen and oxygen atoms in total. The zero-order valence-electron chi connectivity index (χ0n) is 19.7. The molecule has 1 aromatic carbocycles. The molecule has 0 aliphatic carbocycles. The Morgan fingerprint density at radius 2 is 1.47 bits per heavy atom. The molecule has 30 heavy (non-hydrogen) atoms. The number of aromatic hydroxyl groups is 1. The first-order chi connectivity index (χ1) is 13.5. The van der Waals surface area contributed by atoms with Crippen LogP contribution in [0.15, 0.2) is 17.0 Å². The van der Waals surface area contributed by atoms with Crippen molar-refractivity contribution in [1.82, 2.24) is 5.32 Å². The Labute approximate surface area is 185 Å². The number of nitrogens with one attached hydrogen (secondary N) is 1. The molecule has 7 heteroatoms. The molecule has 1 aliphatic heterocycles. The molecular weight excluding hydrogens is 400 g/mol. The molecule has 1 aromatic rings. The summed E-state index contributed by atoms with van der Waals surface area (Å²) in [5, 5.41) is 21.0. The monoisotopic (exact) mass is 437 g/mol. The highest BCUT2D eigenvalue weighted by Gasteiger charge is 2.28. The number of amides is 2. The lowest BCUT2D eigenvalue weighted by Gasteiger charge is -2.28. The first kappa shape index (κ1) is 26.2. The highest BCUT2D eigenvalue weighted by atomic mass is 32.2. The molecule has 2 amide bonds. The van der Waals surface area contributed by atoms with Crippen LogP contribution in [0.4, 0.5) is 4.79 Å². The second-order valence-corrected chi connectivity index (χ2v) is 11.6. The van der Waals surface area contributed by atoms with Crippen molar-refractivity contribution in [1.29, 1.82) is 0 Å². The zero-order valence-corrected chi connectivity index (χ0v) is 20.5. The van der Waals surface area contributed by atoms with Crippen LogP contribution in [0.25, 0.3) is 6.08 Å². The number of imide groups is 1. The summed E-state index contributed by atoms with van der Waals surface area (Å²) in [6.07, 6.45) is 1.70. The molecule has 0 saturated carbocycles. The van der Waals surface area contributed by atoms with Gasteiger partial charge in [-0.3, -0.25) is 14.9 Å². The highest BCUT2D eigenvalue weighted by Crippen LogP contribution is 2.40. The van der Waals surface area contributed by atoms with E-state index >= 15 is 0 Å². The van der Waals surface area contributed by atoms with E-state index in [0.717, 1.165) is 39.5 Å². The van der Waals surface area contributed by atoms with Crippen molar-refractivity contribution in [3.63, 3.8) is 0 Å². The Kier molecular flexibility index (Phi) is 8.33. The van der Waals surface area contributed by atoms with E-state index in [9.17, 15) is 14.7 Å². The fourth-order valence-corrected chi connectivity index (χ4v) is 3.44. The summed E-state index contributed by atoms with van der Waals surface area (Å²) in [4.78, 5) is 23.4. The molecule has 2 rings (SSSR count). The molecule has 1 heterocycles. The third-order valence-corrected chi connectivity index (χ3v) is 5.27. The predicted octanol–water partition coefficient (Wildman–Crippen LogP) is 4.00. The number of aliphatic hydroxyl groups excluding tert-OH is 1. The molecular formula is C23H37N2O4S+. The summed E-state index contributed by atoms with van der Waals surface area (Å²) >= 11 is 0.898. The number of carbonyl (C=O) groups is 2. The Morgan fingerprint density at radius 3 is 1.73 bits per heavy atom. The van der Waals surface area contributed by atoms with Crippen molar-refractivity contribution in [3.8, 4) is 5.75 Å². The Bertz CT molecular complexity index is 790. The zero-order chi connectivity index (χ0) is 23.5. The van der Waals surface area contributed by atoms with Crippen LogP contribution in [0, 0.1) is 0 Å². The molecule has 1 aliphatic rings. The number of aliphatic hydroxyl groups is 1. The summed E-state index contributed by atoms with van der Waals surface area (Å²) in [5.41, 5.74) is 1.99. The van der Waals surface area contributed by atoms with Crippen LogP contribution < -0.4 is 5.32 Å². The van der Waals surface area contributed by atoms with Crippen LogP contribution in [0.5, 0.6) is 5.75 Å². The molecule has 1 fully saturated rings. The van der Waals surface area contributed by atoms with E-state index in [2.05, 4.69) is 26.5 Å². The number of quaternary nitrogens is 1.